The highest BCUT2D eigenvalue weighted by Gasteiger charge is 2.16. The van der Waals surface area contributed by atoms with Crippen molar-refractivity contribution >= 4 is 23.4 Å². The topological polar surface area (TPSA) is 46.3 Å². The van der Waals surface area contributed by atoms with Gasteiger partial charge in [-0.3, -0.25) is 4.79 Å². The third kappa shape index (κ3) is 3.53. The second-order valence-corrected chi connectivity index (χ2v) is 5.87. The Balaban J connectivity index is 1.92. The normalized spacial score (nSPS) is 14.3. The molecule has 1 amide bonds. The predicted molar refractivity (Wildman–Crippen MR) is 81.0 cm³/mol. The second kappa shape index (κ2) is 6.15. The molecule has 3 nitrogen and oxygen atoms in total. The van der Waals surface area contributed by atoms with E-state index in [0.29, 0.717) is 5.75 Å². The number of thioether (sulfide) groups is 1. The molecule has 4 heteroatoms. The van der Waals surface area contributed by atoms with Gasteiger partial charge in [-0.15, -0.1) is 11.8 Å². The van der Waals surface area contributed by atoms with Crippen LogP contribution in [0.2, 0.25) is 0 Å². The largest absolute Gasteiger partial charge is 0.399 e. The highest BCUT2D eigenvalue weighted by Crippen LogP contribution is 2.26. The summed E-state index contributed by atoms with van der Waals surface area (Å²) in [5.74, 6) is 0.632. The maximum Gasteiger partial charge on any atom is 0.236 e. The third-order valence-corrected chi connectivity index (χ3v) is 4.53. The van der Waals surface area contributed by atoms with E-state index in [4.69, 9.17) is 5.73 Å². The van der Waals surface area contributed by atoms with Crippen molar-refractivity contribution in [2.75, 3.05) is 18.5 Å². The van der Waals surface area contributed by atoms with Crippen LogP contribution in [0.1, 0.15) is 24.8 Å². The van der Waals surface area contributed by atoms with Crippen molar-refractivity contribution in [3.8, 4) is 0 Å². The Kier molecular flexibility index (Phi) is 4.53. The van der Waals surface area contributed by atoms with Crippen LogP contribution < -0.4 is 5.73 Å². The van der Waals surface area contributed by atoms with Gasteiger partial charge in [0.25, 0.3) is 0 Å². The van der Waals surface area contributed by atoms with Crippen molar-refractivity contribution in [1.29, 1.82) is 0 Å². The van der Waals surface area contributed by atoms with Gasteiger partial charge in [-0.2, -0.15) is 0 Å². The summed E-state index contributed by atoms with van der Waals surface area (Å²) in [6.45, 7) is 2.02. The molecule has 0 atom stereocenters. The van der Waals surface area contributed by atoms with Crippen LogP contribution in [0.4, 0.5) is 5.69 Å². The Morgan fingerprint density at radius 1 is 1.47 bits per heavy atom. The first-order valence-electron chi connectivity index (χ1n) is 6.52. The monoisotopic (exact) mass is 276 g/mol. The Hall–Kier alpha value is -1.42. The molecule has 0 saturated carbocycles. The molecule has 0 spiro atoms. The number of hydrogen-bond donors (Lipinski definition) is 1. The quantitative estimate of drug-likeness (QED) is 0.678. The molecule has 1 aromatic rings. The van der Waals surface area contributed by atoms with Gasteiger partial charge in [0.1, 0.15) is 0 Å². The molecule has 0 bridgehead atoms. The van der Waals surface area contributed by atoms with Crippen LogP contribution in [-0.2, 0) is 4.79 Å². The highest BCUT2D eigenvalue weighted by molar-refractivity contribution is 8.00. The first kappa shape index (κ1) is 14.0. The van der Waals surface area contributed by atoms with Crippen molar-refractivity contribution in [2.45, 2.75) is 31.1 Å². The maximum absolute atomic E-state index is 12.1. The van der Waals surface area contributed by atoms with Gasteiger partial charge in [-0.1, -0.05) is 6.08 Å². The summed E-state index contributed by atoms with van der Waals surface area (Å²) in [5, 5.41) is 0. The fourth-order valence-electron chi connectivity index (χ4n) is 2.19. The number of aryl methyl sites for hydroxylation is 1. The van der Waals surface area contributed by atoms with Crippen LogP contribution in [0, 0.1) is 6.92 Å². The maximum atomic E-state index is 12.1. The zero-order valence-electron chi connectivity index (χ0n) is 11.5. The number of hydrogen-bond acceptors (Lipinski definition) is 3. The summed E-state index contributed by atoms with van der Waals surface area (Å²) < 4.78 is 0. The first-order chi connectivity index (χ1) is 9.08. The molecule has 1 aromatic carbocycles. The molecule has 0 heterocycles. The van der Waals surface area contributed by atoms with Crippen molar-refractivity contribution in [2.24, 2.45) is 0 Å². The summed E-state index contributed by atoms with van der Waals surface area (Å²) in [6.07, 6.45) is 5.44. The molecule has 0 fully saturated rings. The van der Waals surface area contributed by atoms with E-state index in [9.17, 15) is 4.79 Å². The molecule has 0 saturated heterocycles. The molecule has 19 heavy (non-hydrogen) atoms. The van der Waals surface area contributed by atoms with Crippen LogP contribution in [0.25, 0.3) is 0 Å². The van der Waals surface area contributed by atoms with Gasteiger partial charge in [0, 0.05) is 23.3 Å². The average molecular weight is 276 g/mol. The SMILES string of the molecule is Cc1cc(N)ccc1SCC(=O)N(C)C1=CCCC1. The number of nitrogens with two attached hydrogens (primary N) is 1. The minimum absolute atomic E-state index is 0.161. The summed E-state index contributed by atoms with van der Waals surface area (Å²) in [4.78, 5) is 15.0. The van der Waals surface area contributed by atoms with E-state index < -0.39 is 0 Å². The lowest BCUT2D eigenvalue weighted by atomic mass is 10.2. The summed E-state index contributed by atoms with van der Waals surface area (Å²) in [6, 6.07) is 5.80. The fraction of sp³-hybridized carbons (Fsp3) is 0.400. The number of carbonyl (C=O) groups excluding carboxylic acids is 1. The van der Waals surface area contributed by atoms with E-state index in [1.54, 1.807) is 16.7 Å². The van der Waals surface area contributed by atoms with Crippen molar-refractivity contribution in [3.63, 3.8) is 0 Å². The minimum atomic E-state index is 0.161. The number of benzene rings is 1. The minimum Gasteiger partial charge on any atom is -0.399 e. The van der Waals surface area contributed by atoms with Gasteiger partial charge in [-0.25, -0.2) is 0 Å². The van der Waals surface area contributed by atoms with Crippen molar-refractivity contribution < 1.29 is 4.79 Å². The zero-order valence-corrected chi connectivity index (χ0v) is 12.3. The number of nitrogen functional groups attached to an aromatic ring is 1. The van der Waals surface area contributed by atoms with E-state index in [0.717, 1.165) is 35.4 Å². The van der Waals surface area contributed by atoms with Crippen LogP contribution >= 0.6 is 11.8 Å². The lowest BCUT2D eigenvalue weighted by molar-refractivity contribution is -0.125. The summed E-state index contributed by atoms with van der Waals surface area (Å²) in [5.41, 5.74) is 8.78. The highest BCUT2D eigenvalue weighted by atomic mass is 32.2. The van der Waals surface area contributed by atoms with Crippen LogP contribution in [0.15, 0.2) is 34.9 Å². The van der Waals surface area contributed by atoms with Gasteiger partial charge < -0.3 is 10.6 Å². The molecule has 102 valence electrons. The van der Waals surface area contributed by atoms with E-state index in [1.807, 2.05) is 32.2 Å². The molecule has 1 aliphatic carbocycles. The average Bonchev–Trinajstić information content (AvgIpc) is 2.90. The van der Waals surface area contributed by atoms with Gasteiger partial charge in [-0.05, 0) is 49.9 Å². The second-order valence-electron chi connectivity index (χ2n) is 4.85. The molecule has 0 radical (unpaired) electrons. The van der Waals surface area contributed by atoms with Crippen molar-refractivity contribution in [3.05, 3.63) is 35.5 Å². The number of carbonyl (C=O) groups is 1. The van der Waals surface area contributed by atoms with Crippen LogP contribution in [0.5, 0.6) is 0 Å². The first-order valence-corrected chi connectivity index (χ1v) is 7.51. The van der Waals surface area contributed by atoms with Gasteiger partial charge in [0.15, 0.2) is 0 Å². The zero-order chi connectivity index (χ0) is 13.8. The number of nitrogens with zero attached hydrogens (tertiary/aromatic N) is 1. The van der Waals surface area contributed by atoms with E-state index in [1.165, 1.54) is 5.70 Å². The molecule has 2 rings (SSSR count). The van der Waals surface area contributed by atoms with E-state index in [-0.39, 0.29) is 5.91 Å². The Morgan fingerprint density at radius 2 is 2.26 bits per heavy atom. The Labute approximate surface area is 118 Å². The number of anilines is 1. The molecule has 0 aromatic heterocycles. The Bertz CT molecular complexity index is 511. The van der Waals surface area contributed by atoms with E-state index in [2.05, 4.69) is 6.08 Å². The molecule has 1 aliphatic rings. The summed E-state index contributed by atoms with van der Waals surface area (Å²) >= 11 is 1.58. The molecule has 2 N–H and O–H groups in total. The molecular weight excluding hydrogens is 256 g/mol. The number of amides is 1. The predicted octanol–water partition coefficient (Wildman–Crippen LogP) is 3.20. The molecule has 0 unspecified atom stereocenters. The lowest BCUT2D eigenvalue weighted by Crippen LogP contribution is -2.27. The Morgan fingerprint density at radius 3 is 2.89 bits per heavy atom. The lowest BCUT2D eigenvalue weighted by Gasteiger charge is -2.18. The molecule has 0 aliphatic heterocycles. The van der Waals surface area contributed by atoms with Gasteiger partial charge in [0.2, 0.25) is 5.91 Å². The van der Waals surface area contributed by atoms with Crippen LogP contribution in [0.3, 0.4) is 0 Å². The summed E-state index contributed by atoms with van der Waals surface area (Å²) in [7, 11) is 1.87. The number of rotatable bonds is 4. The van der Waals surface area contributed by atoms with Gasteiger partial charge in [0.05, 0.1) is 5.75 Å². The smallest absolute Gasteiger partial charge is 0.236 e. The fourth-order valence-corrected chi connectivity index (χ4v) is 3.11. The standard InChI is InChI=1S/C15H20N2OS/c1-11-9-12(16)7-8-14(11)19-10-15(18)17(2)13-5-3-4-6-13/h5,7-9H,3-4,6,10,16H2,1-2H3. The number of allylic oxidation sites excluding steroid dienone is 2. The van der Waals surface area contributed by atoms with Crippen LogP contribution in [-0.4, -0.2) is 23.6 Å². The van der Waals surface area contributed by atoms with Crippen molar-refractivity contribution in [1.82, 2.24) is 4.90 Å². The van der Waals surface area contributed by atoms with Gasteiger partial charge >= 0.3 is 0 Å². The molecular formula is C15H20N2OS. The van der Waals surface area contributed by atoms with E-state index >= 15 is 0 Å². The third-order valence-electron chi connectivity index (χ3n) is 3.37.